The predicted octanol–water partition coefficient (Wildman–Crippen LogP) is 2.24. The lowest BCUT2D eigenvalue weighted by atomic mass is 9.92. The minimum atomic E-state index is -3.64. The number of halogens is 1. The van der Waals surface area contributed by atoms with E-state index in [9.17, 15) is 12.8 Å². The molecule has 1 atom stereocenters. The van der Waals surface area contributed by atoms with Gasteiger partial charge in [0.15, 0.2) is 0 Å². The van der Waals surface area contributed by atoms with Crippen molar-refractivity contribution in [3.05, 3.63) is 30.1 Å². The van der Waals surface area contributed by atoms with E-state index in [2.05, 4.69) is 23.5 Å². The molecule has 5 nitrogen and oxygen atoms in total. The molecule has 1 saturated heterocycles. The molecule has 1 aliphatic rings. The average Bonchev–Trinajstić information content (AvgIpc) is 2.59. The van der Waals surface area contributed by atoms with Crippen LogP contribution in [0.3, 0.4) is 0 Å². The number of sulfonamides is 1. The summed E-state index contributed by atoms with van der Waals surface area (Å²) in [5, 5.41) is 0. The Morgan fingerprint density at radius 2 is 1.75 bits per heavy atom. The topological polar surface area (TPSA) is 58.6 Å². The van der Waals surface area contributed by atoms with Gasteiger partial charge in [-0.25, -0.2) is 17.5 Å². The first-order valence-corrected chi connectivity index (χ1v) is 10.0. The second kappa shape index (κ2) is 8.89. The molecule has 1 unspecified atom stereocenters. The molecule has 136 valence electrons. The fourth-order valence-corrected chi connectivity index (χ4v) is 4.28. The summed E-state index contributed by atoms with van der Waals surface area (Å²) in [5.41, 5.74) is 0. The minimum absolute atomic E-state index is 0.0918. The molecular weight excluding hydrogens is 331 g/mol. The van der Waals surface area contributed by atoms with E-state index in [1.807, 2.05) is 0 Å². The molecule has 1 heterocycles. The molecule has 0 spiro atoms. The van der Waals surface area contributed by atoms with Crippen molar-refractivity contribution >= 4 is 10.0 Å². The van der Waals surface area contributed by atoms with E-state index in [-0.39, 0.29) is 10.9 Å². The minimum Gasteiger partial charge on any atom is -0.379 e. The first kappa shape index (κ1) is 19.3. The van der Waals surface area contributed by atoms with E-state index in [0.717, 1.165) is 38.1 Å². The molecule has 1 aromatic carbocycles. The molecule has 1 fully saturated rings. The zero-order valence-corrected chi connectivity index (χ0v) is 15.2. The zero-order chi connectivity index (χ0) is 17.6. The van der Waals surface area contributed by atoms with Crippen molar-refractivity contribution in [1.29, 1.82) is 0 Å². The second-order valence-electron chi connectivity index (χ2n) is 6.10. The van der Waals surface area contributed by atoms with Crippen LogP contribution in [0.2, 0.25) is 0 Å². The number of hydrogen-bond acceptors (Lipinski definition) is 4. The lowest BCUT2D eigenvalue weighted by Crippen LogP contribution is -2.52. The second-order valence-corrected chi connectivity index (χ2v) is 7.87. The van der Waals surface area contributed by atoms with Crippen LogP contribution in [0.15, 0.2) is 29.2 Å². The highest BCUT2D eigenvalue weighted by Crippen LogP contribution is 2.20. The Labute approximate surface area is 144 Å². The van der Waals surface area contributed by atoms with Crippen LogP contribution < -0.4 is 4.72 Å². The van der Waals surface area contributed by atoms with E-state index in [1.165, 1.54) is 12.1 Å². The molecule has 0 saturated carbocycles. The number of benzene rings is 1. The van der Waals surface area contributed by atoms with Crippen molar-refractivity contribution in [3.8, 4) is 0 Å². The van der Waals surface area contributed by atoms with Crippen LogP contribution in [0, 0.1) is 11.7 Å². The van der Waals surface area contributed by atoms with Crippen molar-refractivity contribution < 1.29 is 17.5 Å². The summed E-state index contributed by atoms with van der Waals surface area (Å²) in [4.78, 5) is 2.41. The van der Waals surface area contributed by atoms with Crippen molar-refractivity contribution in [1.82, 2.24) is 9.62 Å². The van der Waals surface area contributed by atoms with E-state index < -0.39 is 15.8 Å². The molecule has 0 amide bonds. The largest absolute Gasteiger partial charge is 0.379 e. The Hall–Kier alpha value is -1.02. The van der Waals surface area contributed by atoms with Gasteiger partial charge in [0.2, 0.25) is 10.0 Å². The van der Waals surface area contributed by atoms with E-state index in [0.29, 0.717) is 25.7 Å². The number of rotatable bonds is 8. The number of hydrogen-bond donors (Lipinski definition) is 1. The van der Waals surface area contributed by atoms with E-state index >= 15 is 0 Å². The van der Waals surface area contributed by atoms with Gasteiger partial charge in [-0.1, -0.05) is 26.7 Å². The highest BCUT2D eigenvalue weighted by Gasteiger charge is 2.28. The summed E-state index contributed by atoms with van der Waals surface area (Å²) in [5.74, 6) is -0.0313. The molecule has 0 aromatic heterocycles. The maximum atomic E-state index is 13.0. The standard InChI is InChI=1S/C17H27FN2O3S/c1-3-14(4-2)17(20-9-11-23-12-10-20)13-19-24(21,22)16-7-5-15(18)6-8-16/h5-8,14,17,19H,3-4,9-13H2,1-2H3. The van der Waals surface area contributed by atoms with Gasteiger partial charge in [-0.3, -0.25) is 4.90 Å². The highest BCUT2D eigenvalue weighted by molar-refractivity contribution is 7.89. The van der Waals surface area contributed by atoms with Crippen molar-refractivity contribution in [3.63, 3.8) is 0 Å². The zero-order valence-electron chi connectivity index (χ0n) is 14.4. The Balaban J connectivity index is 2.09. The van der Waals surface area contributed by atoms with Crippen LogP contribution in [0.1, 0.15) is 26.7 Å². The molecule has 1 N–H and O–H groups in total. The quantitative estimate of drug-likeness (QED) is 0.774. The molecular formula is C17H27FN2O3S. The normalized spacial score (nSPS) is 18.0. The maximum absolute atomic E-state index is 13.0. The Kier molecular flexibility index (Phi) is 7.16. The van der Waals surface area contributed by atoms with Crippen LogP contribution in [-0.2, 0) is 14.8 Å². The van der Waals surface area contributed by atoms with Gasteiger partial charge in [0.1, 0.15) is 5.82 Å². The van der Waals surface area contributed by atoms with Gasteiger partial charge in [-0.15, -0.1) is 0 Å². The lowest BCUT2D eigenvalue weighted by molar-refractivity contribution is 0.00297. The van der Waals surface area contributed by atoms with Crippen molar-refractivity contribution in [2.75, 3.05) is 32.8 Å². The summed E-state index contributed by atoms with van der Waals surface area (Å²) in [7, 11) is -3.64. The van der Waals surface area contributed by atoms with Crippen LogP contribution in [0.5, 0.6) is 0 Å². The third kappa shape index (κ3) is 4.99. The number of morpholine rings is 1. The molecule has 0 aliphatic carbocycles. The smallest absolute Gasteiger partial charge is 0.240 e. The first-order valence-electron chi connectivity index (χ1n) is 8.55. The molecule has 0 radical (unpaired) electrons. The summed E-state index contributed by atoms with van der Waals surface area (Å²) < 4.78 is 46.0. The molecule has 24 heavy (non-hydrogen) atoms. The maximum Gasteiger partial charge on any atom is 0.240 e. The molecule has 7 heteroatoms. The summed E-state index contributed by atoms with van der Waals surface area (Å²) in [6.07, 6.45) is 1.99. The molecule has 1 aliphatic heterocycles. The predicted molar refractivity (Wildman–Crippen MR) is 91.8 cm³/mol. The Bertz CT molecular complexity index is 597. The van der Waals surface area contributed by atoms with Crippen molar-refractivity contribution in [2.45, 2.75) is 37.6 Å². The molecule has 1 aromatic rings. The average molecular weight is 358 g/mol. The fourth-order valence-electron chi connectivity index (χ4n) is 3.23. The Morgan fingerprint density at radius 1 is 1.17 bits per heavy atom. The summed E-state index contributed by atoms with van der Waals surface area (Å²) >= 11 is 0. The van der Waals surface area contributed by atoms with Gasteiger partial charge < -0.3 is 4.74 Å². The van der Waals surface area contributed by atoms with Crippen molar-refractivity contribution in [2.24, 2.45) is 5.92 Å². The number of ether oxygens (including phenoxy) is 1. The molecule has 0 bridgehead atoms. The van der Waals surface area contributed by atoms with Gasteiger partial charge in [-0.05, 0) is 30.2 Å². The van der Waals surface area contributed by atoms with E-state index in [4.69, 9.17) is 4.74 Å². The lowest BCUT2D eigenvalue weighted by Gasteiger charge is -2.38. The highest BCUT2D eigenvalue weighted by atomic mass is 32.2. The van der Waals surface area contributed by atoms with Crippen LogP contribution in [-0.4, -0.2) is 52.2 Å². The fraction of sp³-hybridized carbons (Fsp3) is 0.647. The summed E-state index contributed by atoms with van der Waals surface area (Å²) in [6.45, 7) is 7.62. The summed E-state index contributed by atoms with van der Waals surface area (Å²) in [6, 6.07) is 5.04. The van der Waals surface area contributed by atoms with Crippen LogP contribution >= 0.6 is 0 Å². The van der Waals surface area contributed by atoms with Gasteiger partial charge >= 0.3 is 0 Å². The number of nitrogens with one attached hydrogen (secondary N) is 1. The van der Waals surface area contributed by atoms with Crippen LogP contribution in [0.4, 0.5) is 4.39 Å². The van der Waals surface area contributed by atoms with Gasteiger partial charge in [-0.2, -0.15) is 0 Å². The monoisotopic (exact) mass is 358 g/mol. The van der Waals surface area contributed by atoms with Crippen LogP contribution in [0.25, 0.3) is 0 Å². The third-order valence-electron chi connectivity index (χ3n) is 4.71. The van der Waals surface area contributed by atoms with E-state index in [1.54, 1.807) is 0 Å². The molecule has 2 rings (SSSR count). The van der Waals surface area contributed by atoms with Gasteiger partial charge in [0, 0.05) is 25.7 Å². The Morgan fingerprint density at radius 3 is 2.29 bits per heavy atom. The third-order valence-corrected chi connectivity index (χ3v) is 6.15. The number of nitrogens with zero attached hydrogens (tertiary/aromatic N) is 1. The van der Waals surface area contributed by atoms with Gasteiger partial charge in [0.05, 0.1) is 18.1 Å². The first-order chi connectivity index (χ1) is 11.5. The SMILES string of the molecule is CCC(CC)C(CNS(=O)(=O)c1ccc(F)cc1)N1CCOCC1. The van der Waals surface area contributed by atoms with Gasteiger partial charge in [0.25, 0.3) is 0 Å².